The van der Waals surface area contributed by atoms with Gasteiger partial charge in [0.2, 0.25) is 0 Å². The molecule has 2 aliphatic heterocycles. The van der Waals surface area contributed by atoms with E-state index >= 15 is 0 Å². The van der Waals surface area contributed by atoms with Gasteiger partial charge < -0.3 is 14.4 Å². The lowest BCUT2D eigenvalue weighted by molar-refractivity contribution is -0.142. The summed E-state index contributed by atoms with van der Waals surface area (Å²) in [5, 5.41) is 0. The van der Waals surface area contributed by atoms with E-state index in [1.807, 2.05) is 24.3 Å². The van der Waals surface area contributed by atoms with Crippen molar-refractivity contribution in [2.75, 3.05) is 37.7 Å². The van der Waals surface area contributed by atoms with Gasteiger partial charge >= 0.3 is 0 Å². The molecule has 6 nitrogen and oxygen atoms in total. The number of carbonyl (C=O) groups excluding carboxylic acids is 2. The van der Waals surface area contributed by atoms with Crippen molar-refractivity contribution in [1.29, 1.82) is 0 Å². The summed E-state index contributed by atoms with van der Waals surface area (Å²) in [6.45, 7) is 2.43. The van der Waals surface area contributed by atoms with Gasteiger partial charge in [-0.3, -0.25) is 14.5 Å². The van der Waals surface area contributed by atoms with Crippen LogP contribution in [0.5, 0.6) is 5.75 Å². The molecule has 2 amide bonds. The molecule has 0 saturated carbocycles. The molecule has 1 saturated heterocycles. The average Bonchev–Trinajstić information content (AvgIpc) is 3.08. The standard InChI is InChI=1S/C23H26N2O4S/c26-22(24-10-12-28-13-11-24)19-15-25(17-7-4-5-8-18(17)29-19)23(27)21-14-16-6-2-1-3-9-20(16)30-21/h4-5,7-8,14,19H,1-3,6,9-13,15H2/t19-/m0/s1. The summed E-state index contributed by atoms with van der Waals surface area (Å²) in [6, 6.07) is 9.57. The molecule has 1 aromatic heterocycles. The number of amides is 2. The van der Waals surface area contributed by atoms with Crippen molar-refractivity contribution < 1.29 is 19.1 Å². The fraction of sp³-hybridized carbons (Fsp3) is 0.478. The summed E-state index contributed by atoms with van der Waals surface area (Å²) in [5.74, 6) is 0.470. The Bertz CT molecular complexity index is 927. The summed E-state index contributed by atoms with van der Waals surface area (Å²) in [4.78, 5) is 32.2. The van der Waals surface area contributed by atoms with Gasteiger partial charge in [0.25, 0.3) is 11.8 Å². The average molecular weight is 427 g/mol. The highest BCUT2D eigenvalue weighted by Gasteiger charge is 2.37. The lowest BCUT2D eigenvalue weighted by Crippen LogP contribution is -2.54. The predicted molar refractivity (Wildman–Crippen MR) is 116 cm³/mol. The fourth-order valence-corrected chi connectivity index (χ4v) is 5.65. The van der Waals surface area contributed by atoms with Gasteiger partial charge in [-0.1, -0.05) is 18.6 Å². The molecule has 3 heterocycles. The number of thiophene rings is 1. The Morgan fingerprint density at radius 2 is 1.83 bits per heavy atom. The molecule has 158 valence electrons. The van der Waals surface area contributed by atoms with Crippen LogP contribution >= 0.6 is 11.3 Å². The molecule has 1 fully saturated rings. The van der Waals surface area contributed by atoms with E-state index < -0.39 is 6.10 Å². The third kappa shape index (κ3) is 3.72. The first kappa shape index (κ1) is 19.6. The second kappa shape index (κ2) is 8.40. The molecule has 1 aliphatic carbocycles. The monoisotopic (exact) mass is 426 g/mol. The first-order chi connectivity index (χ1) is 14.7. The zero-order chi connectivity index (χ0) is 20.5. The number of fused-ring (bicyclic) bond motifs is 2. The van der Waals surface area contributed by atoms with Gasteiger partial charge in [0.1, 0.15) is 5.75 Å². The minimum Gasteiger partial charge on any atom is -0.476 e. The van der Waals surface area contributed by atoms with Crippen LogP contribution in [-0.2, 0) is 22.4 Å². The molecule has 1 aromatic carbocycles. The van der Waals surface area contributed by atoms with E-state index in [0.29, 0.717) is 32.1 Å². The zero-order valence-electron chi connectivity index (χ0n) is 17.0. The quantitative estimate of drug-likeness (QED) is 0.692. The van der Waals surface area contributed by atoms with Crippen LogP contribution in [0.25, 0.3) is 0 Å². The van der Waals surface area contributed by atoms with Gasteiger partial charge in [0.05, 0.1) is 30.3 Å². The van der Waals surface area contributed by atoms with Crippen LogP contribution in [0.1, 0.15) is 39.4 Å². The van der Waals surface area contributed by atoms with E-state index in [1.54, 1.807) is 21.1 Å². The van der Waals surface area contributed by atoms with Crippen molar-refractivity contribution in [1.82, 2.24) is 4.90 Å². The van der Waals surface area contributed by atoms with Crippen molar-refractivity contribution in [3.8, 4) is 5.75 Å². The van der Waals surface area contributed by atoms with Crippen molar-refractivity contribution in [3.63, 3.8) is 0 Å². The number of hydrogen-bond acceptors (Lipinski definition) is 5. The van der Waals surface area contributed by atoms with Gasteiger partial charge in [-0.2, -0.15) is 0 Å². The number of para-hydroxylation sites is 2. The van der Waals surface area contributed by atoms with E-state index in [4.69, 9.17) is 9.47 Å². The van der Waals surface area contributed by atoms with Crippen LogP contribution in [0.15, 0.2) is 30.3 Å². The minimum absolute atomic E-state index is 0.0383. The lowest BCUT2D eigenvalue weighted by atomic mass is 10.1. The summed E-state index contributed by atoms with van der Waals surface area (Å²) in [5.41, 5.74) is 2.06. The third-order valence-electron chi connectivity index (χ3n) is 6.07. The summed E-state index contributed by atoms with van der Waals surface area (Å²) in [6.07, 6.45) is 5.06. The Balaban J connectivity index is 1.43. The number of hydrogen-bond donors (Lipinski definition) is 0. The first-order valence-electron chi connectivity index (χ1n) is 10.8. The number of ether oxygens (including phenoxy) is 2. The molecular formula is C23H26N2O4S. The van der Waals surface area contributed by atoms with Crippen molar-refractivity contribution in [2.45, 2.75) is 38.2 Å². The minimum atomic E-state index is -0.695. The molecule has 0 spiro atoms. The second-order valence-electron chi connectivity index (χ2n) is 8.05. The number of rotatable bonds is 2. The van der Waals surface area contributed by atoms with E-state index in [-0.39, 0.29) is 18.4 Å². The van der Waals surface area contributed by atoms with E-state index in [1.165, 1.54) is 29.7 Å². The summed E-state index contributed by atoms with van der Waals surface area (Å²) in [7, 11) is 0. The smallest absolute Gasteiger partial charge is 0.268 e. The molecule has 0 N–H and O–H groups in total. The highest BCUT2D eigenvalue weighted by atomic mass is 32.1. The van der Waals surface area contributed by atoms with E-state index in [0.717, 1.165) is 23.4 Å². The molecule has 0 bridgehead atoms. The summed E-state index contributed by atoms with van der Waals surface area (Å²) < 4.78 is 11.4. The van der Waals surface area contributed by atoms with Gasteiger partial charge in [-0.05, 0) is 49.4 Å². The number of carbonyl (C=O) groups is 2. The van der Waals surface area contributed by atoms with E-state index in [9.17, 15) is 9.59 Å². The van der Waals surface area contributed by atoms with Crippen LogP contribution in [-0.4, -0.2) is 55.7 Å². The number of benzene rings is 1. The van der Waals surface area contributed by atoms with Crippen LogP contribution in [0, 0.1) is 0 Å². The maximum absolute atomic E-state index is 13.5. The van der Waals surface area contributed by atoms with Crippen molar-refractivity contribution in [2.24, 2.45) is 0 Å². The molecular weight excluding hydrogens is 400 g/mol. The second-order valence-corrected chi connectivity index (χ2v) is 9.18. The predicted octanol–water partition coefficient (Wildman–Crippen LogP) is 3.28. The van der Waals surface area contributed by atoms with Crippen molar-refractivity contribution in [3.05, 3.63) is 45.6 Å². The SMILES string of the molecule is O=C([C@@H]1CN(C(=O)c2cc3c(s2)CCCCC3)c2ccccc2O1)N1CCOCC1. The molecule has 0 radical (unpaired) electrons. The van der Waals surface area contributed by atoms with Crippen molar-refractivity contribution >= 4 is 28.8 Å². The third-order valence-corrected chi connectivity index (χ3v) is 7.30. The Morgan fingerprint density at radius 3 is 2.70 bits per heavy atom. The Kier molecular flexibility index (Phi) is 5.48. The molecule has 30 heavy (non-hydrogen) atoms. The topological polar surface area (TPSA) is 59.1 Å². The van der Waals surface area contributed by atoms with Crippen LogP contribution in [0.4, 0.5) is 5.69 Å². The molecule has 2 aromatic rings. The Labute approximate surface area is 180 Å². The maximum Gasteiger partial charge on any atom is 0.268 e. The fourth-order valence-electron chi connectivity index (χ4n) is 4.45. The molecule has 3 aliphatic rings. The Hall–Kier alpha value is -2.38. The molecule has 5 rings (SSSR count). The van der Waals surface area contributed by atoms with Crippen LogP contribution < -0.4 is 9.64 Å². The number of morpholine rings is 1. The molecule has 0 unspecified atom stereocenters. The largest absolute Gasteiger partial charge is 0.476 e. The van der Waals surface area contributed by atoms with Gasteiger partial charge in [0.15, 0.2) is 6.10 Å². The maximum atomic E-state index is 13.5. The van der Waals surface area contributed by atoms with Gasteiger partial charge in [-0.25, -0.2) is 0 Å². The van der Waals surface area contributed by atoms with E-state index in [2.05, 4.69) is 6.07 Å². The molecule has 7 heteroatoms. The Morgan fingerprint density at radius 1 is 1.03 bits per heavy atom. The highest BCUT2D eigenvalue weighted by molar-refractivity contribution is 7.14. The van der Waals surface area contributed by atoms with Crippen LogP contribution in [0.2, 0.25) is 0 Å². The van der Waals surface area contributed by atoms with Gasteiger partial charge in [-0.15, -0.1) is 11.3 Å². The lowest BCUT2D eigenvalue weighted by Gasteiger charge is -2.37. The summed E-state index contributed by atoms with van der Waals surface area (Å²) >= 11 is 1.62. The normalized spacial score (nSPS) is 21.3. The first-order valence-corrected chi connectivity index (χ1v) is 11.6. The number of aryl methyl sites for hydroxylation is 2. The number of anilines is 1. The number of nitrogens with zero attached hydrogens (tertiary/aromatic N) is 2. The van der Waals surface area contributed by atoms with Crippen LogP contribution in [0.3, 0.4) is 0 Å². The van der Waals surface area contributed by atoms with Gasteiger partial charge in [0, 0.05) is 18.0 Å². The zero-order valence-corrected chi connectivity index (χ0v) is 17.8. The molecule has 1 atom stereocenters. The highest BCUT2D eigenvalue weighted by Crippen LogP contribution is 2.36.